The van der Waals surface area contributed by atoms with Gasteiger partial charge < -0.3 is 37.6 Å². The van der Waals surface area contributed by atoms with Crippen LogP contribution in [0.4, 0.5) is 0 Å². The van der Waals surface area contributed by atoms with Crippen LogP contribution >= 0.6 is 0 Å². The first-order chi connectivity index (χ1) is 15.7. The van der Waals surface area contributed by atoms with Gasteiger partial charge in [-0.25, -0.2) is 4.79 Å². The number of nitrogens with one attached hydrogen (secondary N) is 3. The first-order valence-electron chi connectivity index (χ1n) is 11.1. The predicted molar refractivity (Wildman–Crippen MR) is 121 cm³/mol. The van der Waals surface area contributed by atoms with Crippen LogP contribution in [0.25, 0.3) is 0 Å². The average Bonchev–Trinajstić information content (AvgIpc) is 2.72. The lowest BCUT2D eigenvalue weighted by molar-refractivity contribution is -0.143. The molecule has 0 aromatic carbocycles. The zero-order valence-corrected chi connectivity index (χ0v) is 20.0. The number of nitrogens with two attached hydrogens (primary N) is 2. The van der Waals surface area contributed by atoms with E-state index in [0.717, 1.165) is 0 Å². The van der Waals surface area contributed by atoms with Gasteiger partial charge in [0.15, 0.2) is 0 Å². The molecule has 0 aliphatic rings. The van der Waals surface area contributed by atoms with Gasteiger partial charge in [0.25, 0.3) is 0 Å². The molecular formula is C21H37N5O8. The van der Waals surface area contributed by atoms with Crippen molar-refractivity contribution in [3.63, 3.8) is 0 Å². The van der Waals surface area contributed by atoms with E-state index >= 15 is 0 Å². The van der Waals surface area contributed by atoms with Crippen molar-refractivity contribution in [3.05, 3.63) is 0 Å². The van der Waals surface area contributed by atoms with Crippen molar-refractivity contribution in [3.8, 4) is 0 Å². The number of hydrogen-bond acceptors (Lipinski definition) is 7. The molecule has 9 N–H and O–H groups in total. The van der Waals surface area contributed by atoms with Crippen molar-refractivity contribution < 1.29 is 39.0 Å². The maximum absolute atomic E-state index is 13.0. The number of primary amides is 1. The molecule has 0 fully saturated rings. The molecule has 0 heterocycles. The molecule has 0 aromatic rings. The standard InChI is InChI=1S/C21H37N5O8/c1-5-11(4)17(26-18(30)12(22)9-15(23)27)20(32)24-13(6-7-16(28)29)19(31)25-14(21(33)34)8-10(2)3/h10-14,17H,5-9,22H2,1-4H3,(H2,23,27)(H,24,32)(H,25,31)(H,26,30)(H,28,29)(H,33,34)/t11-,12-,13-,14-,17-/m0/s1. The van der Waals surface area contributed by atoms with E-state index in [9.17, 15) is 33.9 Å². The van der Waals surface area contributed by atoms with Gasteiger partial charge in [-0.3, -0.25) is 24.0 Å². The third-order valence-corrected chi connectivity index (χ3v) is 5.15. The van der Waals surface area contributed by atoms with E-state index in [1.807, 2.05) is 0 Å². The van der Waals surface area contributed by atoms with Crippen molar-refractivity contribution in [1.82, 2.24) is 16.0 Å². The smallest absolute Gasteiger partial charge is 0.326 e. The van der Waals surface area contributed by atoms with Crippen LogP contribution in [-0.4, -0.2) is 69.9 Å². The summed E-state index contributed by atoms with van der Waals surface area (Å²) < 4.78 is 0. The Kier molecular flexibility index (Phi) is 13.4. The molecule has 0 aliphatic heterocycles. The Balaban J connectivity index is 5.64. The predicted octanol–water partition coefficient (Wildman–Crippen LogP) is -1.31. The van der Waals surface area contributed by atoms with E-state index in [1.54, 1.807) is 27.7 Å². The monoisotopic (exact) mass is 487 g/mol. The summed E-state index contributed by atoms with van der Waals surface area (Å²) in [7, 11) is 0. The molecule has 13 heteroatoms. The molecule has 0 saturated heterocycles. The molecule has 0 unspecified atom stereocenters. The summed E-state index contributed by atoms with van der Waals surface area (Å²) in [6.07, 6.45) is -0.626. The number of amides is 4. The van der Waals surface area contributed by atoms with Crippen molar-refractivity contribution >= 4 is 35.6 Å². The van der Waals surface area contributed by atoms with Crippen molar-refractivity contribution in [1.29, 1.82) is 0 Å². The quantitative estimate of drug-likeness (QED) is 0.137. The number of carboxylic acid groups (broad SMARTS) is 2. The fourth-order valence-corrected chi connectivity index (χ4v) is 3.03. The summed E-state index contributed by atoms with van der Waals surface area (Å²) in [5.41, 5.74) is 10.7. The van der Waals surface area contributed by atoms with Gasteiger partial charge in [0.1, 0.15) is 18.1 Å². The van der Waals surface area contributed by atoms with E-state index in [4.69, 9.17) is 16.6 Å². The summed E-state index contributed by atoms with van der Waals surface area (Å²) in [5, 5.41) is 25.6. The number of carboxylic acids is 2. The lowest BCUT2D eigenvalue weighted by Gasteiger charge is -2.28. The van der Waals surface area contributed by atoms with Crippen LogP contribution in [0.2, 0.25) is 0 Å². The molecule has 0 radical (unpaired) electrons. The normalized spacial score (nSPS) is 15.4. The van der Waals surface area contributed by atoms with Gasteiger partial charge in [-0.15, -0.1) is 0 Å². The highest BCUT2D eigenvalue weighted by atomic mass is 16.4. The number of carbonyl (C=O) groups is 6. The highest BCUT2D eigenvalue weighted by Gasteiger charge is 2.33. The van der Waals surface area contributed by atoms with Crippen LogP contribution in [0.1, 0.15) is 59.8 Å². The van der Waals surface area contributed by atoms with E-state index in [2.05, 4.69) is 16.0 Å². The summed E-state index contributed by atoms with van der Waals surface area (Å²) in [6.45, 7) is 6.97. The van der Waals surface area contributed by atoms with Gasteiger partial charge in [0.05, 0.1) is 12.5 Å². The van der Waals surface area contributed by atoms with Gasteiger partial charge in [0.2, 0.25) is 23.6 Å². The number of carbonyl (C=O) groups excluding carboxylic acids is 4. The molecule has 34 heavy (non-hydrogen) atoms. The lowest BCUT2D eigenvalue weighted by atomic mass is 9.96. The second-order valence-corrected chi connectivity index (χ2v) is 8.67. The Labute approximate surface area is 198 Å². The van der Waals surface area contributed by atoms with E-state index < -0.39 is 78.5 Å². The Morgan fingerprint density at radius 1 is 0.853 bits per heavy atom. The molecule has 0 aliphatic carbocycles. The van der Waals surface area contributed by atoms with E-state index in [-0.39, 0.29) is 18.8 Å². The minimum Gasteiger partial charge on any atom is -0.481 e. The molecule has 0 rings (SSSR count). The second-order valence-electron chi connectivity index (χ2n) is 8.67. The van der Waals surface area contributed by atoms with Crippen molar-refractivity contribution in [2.24, 2.45) is 23.3 Å². The third-order valence-electron chi connectivity index (χ3n) is 5.15. The molecule has 13 nitrogen and oxygen atoms in total. The molecule has 0 saturated carbocycles. The molecule has 194 valence electrons. The highest BCUT2D eigenvalue weighted by Crippen LogP contribution is 2.11. The SMILES string of the molecule is CC[C@H](C)[C@H](NC(=O)[C@@H](N)CC(N)=O)C(=O)N[C@@H](CCC(=O)O)C(=O)N[C@@H](CC(C)C)C(=O)O. The average molecular weight is 488 g/mol. The number of aliphatic carboxylic acids is 2. The van der Waals surface area contributed by atoms with Crippen molar-refractivity contribution in [2.45, 2.75) is 84.0 Å². The van der Waals surface area contributed by atoms with Gasteiger partial charge in [0, 0.05) is 6.42 Å². The Morgan fingerprint density at radius 2 is 1.41 bits per heavy atom. The van der Waals surface area contributed by atoms with Crippen LogP contribution in [0, 0.1) is 11.8 Å². The Morgan fingerprint density at radius 3 is 1.85 bits per heavy atom. The van der Waals surface area contributed by atoms with Crippen LogP contribution in [0.5, 0.6) is 0 Å². The molecule has 0 spiro atoms. The fraction of sp³-hybridized carbons (Fsp3) is 0.714. The summed E-state index contributed by atoms with van der Waals surface area (Å²) in [5.74, 6) is -6.19. The maximum Gasteiger partial charge on any atom is 0.326 e. The van der Waals surface area contributed by atoms with Crippen LogP contribution in [0.3, 0.4) is 0 Å². The number of rotatable bonds is 16. The molecule has 0 aromatic heterocycles. The molecule has 5 atom stereocenters. The topological polar surface area (TPSA) is 231 Å². The highest BCUT2D eigenvalue weighted by molar-refractivity contribution is 5.95. The second kappa shape index (κ2) is 14.8. The molecule has 0 bridgehead atoms. The zero-order valence-electron chi connectivity index (χ0n) is 20.0. The summed E-state index contributed by atoms with van der Waals surface area (Å²) >= 11 is 0. The van der Waals surface area contributed by atoms with Gasteiger partial charge >= 0.3 is 11.9 Å². The van der Waals surface area contributed by atoms with Gasteiger partial charge in [-0.2, -0.15) is 0 Å². The minimum absolute atomic E-state index is 0.0527. The zero-order chi connectivity index (χ0) is 26.6. The Bertz CT molecular complexity index is 757. The van der Waals surface area contributed by atoms with E-state index in [1.165, 1.54) is 0 Å². The largest absolute Gasteiger partial charge is 0.481 e. The van der Waals surface area contributed by atoms with Crippen LogP contribution in [0.15, 0.2) is 0 Å². The molecular weight excluding hydrogens is 450 g/mol. The minimum atomic E-state index is -1.36. The lowest BCUT2D eigenvalue weighted by Crippen LogP contribution is -2.59. The van der Waals surface area contributed by atoms with Gasteiger partial charge in [-0.1, -0.05) is 34.1 Å². The molecule has 4 amide bonds. The van der Waals surface area contributed by atoms with Crippen LogP contribution in [-0.2, 0) is 28.8 Å². The van der Waals surface area contributed by atoms with Crippen molar-refractivity contribution in [2.75, 3.05) is 0 Å². The Hall–Kier alpha value is -3.22. The summed E-state index contributed by atoms with van der Waals surface area (Å²) in [6, 6.07) is -5.02. The fourth-order valence-electron chi connectivity index (χ4n) is 3.03. The van der Waals surface area contributed by atoms with Crippen LogP contribution < -0.4 is 27.4 Å². The maximum atomic E-state index is 13.0. The first-order valence-corrected chi connectivity index (χ1v) is 11.1. The van der Waals surface area contributed by atoms with E-state index in [0.29, 0.717) is 6.42 Å². The van der Waals surface area contributed by atoms with Gasteiger partial charge in [-0.05, 0) is 24.7 Å². The summed E-state index contributed by atoms with van der Waals surface area (Å²) in [4.78, 5) is 71.6. The number of hydrogen-bond donors (Lipinski definition) is 7. The first kappa shape index (κ1) is 30.8. The third kappa shape index (κ3) is 11.6.